The molecule has 1 heterocycles. The Morgan fingerprint density at radius 3 is 2.47 bits per heavy atom. The smallest absolute Gasteiger partial charge is 0.0899 e. The first-order valence-corrected chi connectivity index (χ1v) is 5.53. The summed E-state index contributed by atoms with van der Waals surface area (Å²) in [5.74, 6) is 0.622. The molecule has 0 N–H and O–H groups in total. The van der Waals surface area contributed by atoms with E-state index < -0.39 is 0 Å². The maximum absolute atomic E-state index is 4.52. The van der Waals surface area contributed by atoms with Crippen LogP contribution in [-0.4, -0.2) is 18.9 Å². The van der Waals surface area contributed by atoms with Gasteiger partial charge in [0.15, 0.2) is 0 Å². The largest absolute Gasteiger partial charge is 0.331 e. The van der Waals surface area contributed by atoms with Crippen LogP contribution in [0.5, 0.6) is 0 Å². The van der Waals surface area contributed by atoms with Gasteiger partial charge in [0.2, 0.25) is 0 Å². The van der Waals surface area contributed by atoms with E-state index in [1.165, 1.54) is 11.3 Å². The lowest BCUT2D eigenvalue weighted by atomic mass is 10.1. The van der Waals surface area contributed by atoms with Gasteiger partial charge in [-0.15, -0.1) is 0 Å². The van der Waals surface area contributed by atoms with Crippen LogP contribution in [0.15, 0.2) is 29.3 Å². The van der Waals surface area contributed by atoms with Gasteiger partial charge in [-0.2, -0.15) is 0 Å². The standard InChI is InChI=1S/C13H18N2/c1-10(2)13-8-15(9-14-13)12-6-4-11(3)5-7-12/h4-7,9-10,13H,8H2,1-3H3/t13-/m1/s1. The molecule has 0 bridgehead atoms. The van der Waals surface area contributed by atoms with Crippen LogP contribution in [0, 0.1) is 12.8 Å². The van der Waals surface area contributed by atoms with E-state index in [0.717, 1.165) is 6.54 Å². The summed E-state index contributed by atoms with van der Waals surface area (Å²) in [7, 11) is 0. The number of benzene rings is 1. The molecule has 1 aromatic carbocycles. The molecule has 2 nitrogen and oxygen atoms in total. The van der Waals surface area contributed by atoms with Crippen molar-refractivity contribution in [1.29, 1.82) is 0 Å². The Kier molecular flexibility index (Phi) is 2.76. The van der Waals surface area contributed by atoms with Gasteiger partial charge in [0, 0.05) is 12.2 Å². The Bertz CT molecular complexity index is 351. The van der Waals surface area contributed by atoms with E-state index >= 15 is 0 Å². The molecule has 1 aliphatic rings. The maximum Gasteiger partial charge on any atom is 0.0899 e. The van der Waals surface area contributed by atoms with E-state index in [1.807, 2.05) is 6.34 Å². The van der Waals surface area contributed by atoms with Gasteiger partial charge in [-0.25, -0.2) is 0 Å². The summed E-state index contributed by atoms with van der Waals surface area (Å²) >= 11 is 0. The molecule has 0 radical (unpaired) electrons. The minimum Gasteiger partial charge on any atom is -0.331 e. The molecule has 1 aromatic rings. The van der Waals surface area contributed by atoms with Crippen molar-refractivity contribution in [3.05, 3.63) is 29.8 Å². The fourth-order valence-corrected chi connectivity index (χ4v) is 1.75. The highest BCUT2D eigenvalue weighted by molar-refractivity contribution is 5.81. The Morgan fingerprint density at radius 1 is 1.27 bits per heavy atom. The fraction of sp³-hybridized carbons (Fsp3) is 0.462. The number of rotatable bonds is 2. The maximum atomic E-state index is 4.52. The number of nitrogens with zero attached hydrogens (tertiary/aromatic N) is 2. The second kappa shape index (κ2) is 4.05. The molecule has 15 heavy (non-hydrogen) atoms. The molecule has 0 spiro atoms. The zero-order valence-corrected chi connectivity index (χ0v) is 9.64. The van der Waals surface area contributed by atoms with Crippen molar-refractivity contribution in [2.24, 2.45) is 10.9 Å². The summed E-state index contributed by atoms with van der Waals surface area (Å²) in [5.41, 5.74) is 2.54. The minimum atomic E-state index is 0.450. The minimum absolute atomic E-state index is 0.450. The topological polar surface area (TPSA) is 15.6 Å². The predicted molar refractivity (Wildman–Crippen MR) is 65.6 cm³/mol. The van der Waals surface area contributed by atoms with Crippen molar-refractivity contribution in [3.8, 4) is 0 Å². The molecule has 0 saturated heterocycles. The van der Waals surface area contributed by atoms with Gasteiger partial charge in [0.1, 0.15) is 0 Å². The molecule has 0 unspecified atom stereocenters. The average Bonchev–Trinajstić information content (AvgIpc) is 2.68. The summed E-state index contributed by atoms with van der Waals surface area (Å²) in [5, 5.41) is 0. The third-order valence-corrected chi connectivity index (χ3v) is 2.92. The average molecular weight is 202 g/mol. The van der Waals surface area contributed by atoms with E-state index in [1.54, 1.807) is 0 Å². The number of anilines is 1. The fourth-order valence-electron chi connectivity index (χ4n) is 1.75. The first-order chi connectivity index (χ1) is 7.16. The Hall–Kier alpha value is -1.31. The number of hydrogen-bond donors (Lipinski definition) is 0. The second-order valence-corrected chi connectivity index (χ2v) is 4.56. The lowest BCUT2D eigenvalue weighted by Crippen LogP contribution is -2.25. The lowest BCUT2D eigenvalue weighted by Gasteiger charge is -2.18. The van der Waals surface area contributed by atoms with Crippen molar-refractivity contribution in [2.75, 3.05) is 11.4 Å². The van der Waals surface area contributed by atoms with Crippen molar-refractivity contribution in [3.63, 3.8) is 0 Å². The van der Waals surface area contributed by atoms with Crippen LogP contribution in [0.3, 0.4) is 0 Å². The van der Waals surface area contributed by atoms with Crippen LogP contribution >= 0.6 is 0 Å². The van der Waals surface area contributed by atoms with E-state index in [9.17, 15) is 0 Å². The number of hydrogen-bond acceptors (Lipinski definition) is 2. The van der Waals surface area contributed by atoms with E-state index in [2.05, 4.69) is 54.9 Å². The van der Waals surface area contributed by atoms with Crippen molar-refractivity contribution in [2.45, 2.75) is 26.8 Å². The molecule has 0 aromatic heterocycles. The highest BCUT2D eigenvalue weighted by Gasteiger charge is 2.20. The van der Waals surface area contributed by atoms with Gasteiger partial charge in [0.05, 0.1) is 12.4 Å². The molecule has 0 amide bonds. The number of aryl methyl sites for hydroxylation is 1. The van der Waals surface area contributed by atoms with Gasteiger partial charge in [-0.05, 0) is 25.0 Å². The van der Waals surface area contributed by atoms with Gasteiger partial charge in [-0.1, -0.05) is 31.5 Å². The summed E-state index contributed by atoms with van der Waals surface area (Å²) < 4.78 is 0. The molecular weight excluding hydrogens is 184 g/mol. The zero-order valence-electron chi connectivity index (χ0n) is 9.64. The van der Waals surface area contributed by atoms with Gasteiger partial charge < -0.3 is 4.90 Å². The summed E-state index contributed by atoms with van der Waals surface area (Å²) in [6, 6.07) is 9.05. The highest BCUT2D eigenvalue weighted by Crippen LogP contribution is 2.20. The monoisotopic (exact) mass is 202 g/mol. The third kappa shape index (κ3) is 2.20. The quantitative estimate of drug-likeness (QED) is 0.720. The summed E-state index contributed by atoms with van der Waals surface area (Å²) in [6.07, 6.45) is 1.97. The Morgan fingerprint density at radius 2 is 1.93 bits per heavy atom. The van der Waals surface area contributed by atoms with Crippen molar-refractivity contribution < 1.29 is 0 Å². The molecule has 0 aliphatic carbocycles. The predicted octanol–water partition coefficient (Wildman–Crippen LogP) is 2.87. The molecular formula is C13H18N2. The van der Waals surface area contributed by atoms with E-state index in [4.69, 9.17) is 0 Å². The first kappa shape index (κ1) is 10.2. The zero-order chi connectivity index (χ0) is 10.8. The Labute approximate surface area is 91.6 Å². The second-order valence-electron chi connectivity index (χ2n) is 4.56. The molecule has 0 saturated carbocycles. The van der Waals surface area contributed by atoms with Gasteiger partial charge >= 0.3 is 0 Å². The third-order valence-electron chi connectivity index (χ3n) is 2.92. The van der Waals surface area contributed by atoms with Crippen LogP contribution < -0.4 is 4.90 Å². The van der Waals surface area contributed by atoms with Gasteiger partial charge in [-0.3, -0.25) is 4.99 Å². The Balaban J connectivity index is 2.09. The number of aliphatic imine (C=N–C) groups is 1. The molecule has 2 rings (SSSR count). The van der Waals surface area contributed by atoms with Crippen LogP contribution in [0.1, 0.15) is 19.4 Å². The van der Waals surface area contributed by atoms with Crippen LogP contribution in [-0.2, 0) is 0 Å². The van der Waals surface area contributed by atoms with E-state index in [-0.39, 0.29) is 0 Å². The molecule has 1 aliphatic heterocycles. The molecule has 1 atom stereocenters. The molecule has 0 fully saturated rings. The summed E-state index contributed by atoms with van der Waals surface area (Å²) in [6.45, 7) is 7.57. The summed E-state index contributed by atoms with van der Waals surface area (Å²) in [4.78, 5) is 6.74. The highest BCUT2D eigenvalue weighted by atomic mass is 15.2. The first-order valence-electron chi connectivity index (χ1n) is 5.53. The van der Waals surface area contributed by atoms with Crippen LogP contribution in [0.2, 0.25) is 0 Å². The lowest BCUT2D eigenvalue weighted by molar-refractivity contribution is 0.521. The van der Waals surface area contributed by atoms with Crippen molar-refractivity contribution in [1.82, 2.24) is 0 Å². The van der Waals surface area contributed by atoms with Crippen molar-refractivity contribution >= 4 is 12.0 Å². The normalized spacial score (nSPS) is 20.3. The molecule has 2 heteroatoms. The van der Waals surface area contributed by atoms with Gasteiger partial charge in [0.25, 0.3) is 0 Å². The van der Waals surface area contributed by atoms with Crippen LogP contribution in [0.4, 0.5) is 5.69 Å². The SMILES string of the molecule is Cc1ccc(N2C=N[C@@H](C(C)C)C2)cc1. The van der Waals surface area contributed by atoms with E-state index in [0.29, 0.717) is 12.0 Å². The molecule has 80 valence electrons. The van der Waals surface area contributed by atoms with Crippen LogP contribution in [0.25, 0.3) is 0 Å².